The molecule has 1 amide bonds. The molecule has 2 aliphatic rings. The zero-order valence-electron chi connectivity index (χ0n) is 20.9. The third-order valence-corrected chi connectivity index (χ3v) is 7.44. The predicted octanol–water partition coefficient (Wildman–Crippen LogP) is 4.85. The number of nitrogens with zero attached hydrogens (tertiary/aromatic N) is 2. The molecular weight excluding hydrogens is 464 g/mol. The van der Waals surface area contributed by atoms with Crippen LogP contribution < -0.4 is 10.1 Å². The van der Waals surface area contributed by atoms with Crippen LogP contribution >= 0.6 is 0 Å². The first-order chi connectivity index (χ1) is 18.1. The molecule has 2 heterocycles. The van der Waals surface area contributed by atoms with E-state index >= 15 is 0 Å². The lowest BCUT2D eigenvalue weighted by molar-refractivity contribution is 0.0946. The number of aromatic nitrogens is 2. The Labute approximate surface area is 216 Å². The number of aromatic amines is 1. The summed E-state index contributed by atoms with van der Waals surface area (Å²) in [5.74, 6) is 0.735. The van der Waals surface area contributed by atoms with E-state index in [1.165, 1.54) is 12.8 Å². The highest BCUT2D eigenvalue weighted by Crippen LogP contribution is 2.42. The van der Waals surface area contributed by atoms with Gasteiger partial charge in [-0.25, -0.2) is 0 Å². The largest absolute Gasteiger partial charge is 0.508 e. The number of fused-ring (bicyclic) bond motifs is 3. The lowest BCUT2D eigenvalue weighted by Crippen LogP contribution is -2.33. The summed E-state index contributed by atoms with van der Waals surface area (Å²) in [6, 6.07) is 19.4. The number of carbonyl (C=O) groups excluding carboxylic acids is 1. The molecule has 0 unspecified atom stereocenters. The number of methoxy groups -OCH3 is 1. The van der Waals surface area contributed by atoms with Crippen LogP contribution in [-0.4, -0.2) is 59.4 Å². The monoisotopic (exact) mass is 494 g/mol. The molecule has 6 rings (SSSR count). The summed E-state index contributed by atoms with van der Waals surface area (Å²) in [5, 5.41) is 20.5. The van der Waals surface area contributed by atoms with E-state index in [-0.39, 0.29) is 11.7 Å². The Morgan fingerprint density at radius 3 is 2.41 bits per heavy atom. The van der Waals surface area contributed by atoms with Gasteiger partial charge in [-0.2, -0.15) is 5.10 Å². The van der Waals surface area contributed by atoms with Crippen molar-refractivity contribution in [2.75, 3.05) is 33.3 Å². The first kappa shape index (κ1) is 23.3. The molecule has 7 heteroatoms. The van der Waals surface area contributed by atoms with Gasteiger partial charge in [0.1, 0.15) is 11.5 Å². The molecule has 3 aromatic carbocycles. The van der Waals surface area contributed by atoms with Crippen LogP contribution in [0.5, 0.6) is 11.5 Å². The van der Waals surface area contributed by atoms with Crippen molar-refractivity contribution in [3.8, 4) is 45.1 Å². The van der Waals surface area contributed by atoms with Crippen molar-refractivity contribution < 1.29 is 14.6 Å². The van der Waals surface area contributed by atoms with Gasteiger partial charge in [0.15, 0.2) is 0 Å². The Balaban J connectivity index is 1.23. The van der Waals surface area contributed by atoms with E-state index in [0.29, 0.717) is 17.9 Å². The van der Waals surface area contributed by atoms with Crippen molar-refractivity contribution in [1.29, 1.82) is 0 Å². The number of likely N-dealkylation sites (tertiary alicyclic amines) is 1. The molecule has 0 spiro atoms. The van der Waals surface area contributed by atoms with Crippen LogP contribution in [0.15, 0.2) is 60.7 Å². The Bertz CT molecular complexity index is 1440. The van der Waals surface area contributed by atoms with Gasteiger partial charge in [-0.1, -0.05) is 36.4 Å². The van der Waals surface area contributed by atoms with Crippen LogP contribution in [0.1, 0.15) is 34.3 Å². The fraction of sp³-hybridized carbons (Fsp3) is 0.267. The molecule has 188 valence electrons. The fourth-order valence-electron chi connectivity index (χ4n) is 5.44. The number of phenols is 1. The smallest absolute Gasteiger partial charge is 0.255 e. The van der Waals surface area contributed by atoms with Crippen molar-refractivity contribution in [2.45, 2.75) is 19.3 Å². The van der Waals surface area contributed by atoms with Crippen LogP contribution in [0.3, 0.4) is 0 Å². The van der Waals surface area contributed by atoms with E-state index < -0.39 is 0 Å². The Morgan fingerprint density at radius 1 is 1.03 bits per heavy atom. The minimum Gasteiger partial charge on any atom is -0.508 e. The summed E-state index contributed by atoms with van der Waals surface area (Å²) in [6.07, 6.45) is 3.21. The highest BCUT2D eigenvalue weighted by Gasteiger charge is 2.28. The Morgan fingerprint density at radius 2 is 1.70 bits per heavy atom. The quantitative estimate of drug-likeness (QED) is 0.301. The number of phenolic OH excluding ortho intramolecular Hbond substituents is 1. The number of ether oxygens (including phenoxy) is 1. The maximum absolute atomic E-state index is 13.1. The van der Waals surface area contributed by atoms with Crippen molar-refractivity contribution in [3.63, 3.8) is 0 Å². The molecule has 0 bridgehead atoms. The van der Waals surface area contributed by atoms with Gasteiger partial charge in [0.25, 0.3) is 5.91 Å². The van der Waals surface area contributed by atoms with E-state index in [4.69, 9.17) is 4.74 Å². The second-order valence-corrected chi connectivity index (χ2v) is 9.74. The molecule has 3 N–H and O–H groups in total. The molecule has 7 nitrogen and oxygen atoms in total. The molecule has 37 heavy (non-hydrogen) atoms. The summed E-state index contributed by atoms with van der Waals surface area (Å²) >= 11 is 0. The van der Waals surface area contributed by atoms with Crippen molar-refractivity contribution >= 4 is 5.91 Å². The number of hydrogen-bond donors (Lipinski definition) is 3. The molecule has 0 atom stereocenters. The molecule has 1 saturated heterocycles. The number of benzene rings is 3. The first-order valence-electron chi connectivity index (χ1n) is 12.8. The number of nitrogens with one attached hydrogen (secondary N) is 2. The summed E-state index contributed by atoms with van der Waals surface area (Å²) in [4.78, 5) is 15.4. The second kappa shape index (κ2) is 9.75. The average molecular weight is 495 g/mol. The zero-order valence-corrected chi connectivity index (χ0v) is 20.9. The molecule has 1 fully saturated rings. The Kier molecular flexibility index (Phi) is 6.14. The standard InChI is InChI=1S/C30H30N4O3/c1-37-27-17-22-16-26-28(21-6-4-19(5-7-21)20-8-10-23(35)11-9-20)32-33-29(26)24(22)18-25(27)30(36)31-12-15-34-13-2-3-14-34/h4-11,17-18,35H,2-3,12-16H2,1H3,(H,31,36)(H,32,33). The first-order valence-corrected chi connectivity index (χ1v) is 12.8. The van der Waals surface area contributed by atoms with E-state index in [2.05, 4.69) is 44.7 Å². The van der Waals surface area contributed by atoms with E-state index in [1.807, 2.05) is 24.3 Å². The SMILES string of the molecule is COc1cc2c(cc1C(=O)NCCN1CCCC1)-c1[nH]nc(-c3ccc(-c4ccc(O)cc4)cc3)c1C2. The molecule has 0 saturated carbocycles. The number of amides is 1. The number of aromatic hydroxyl groups is 1. The molecule has 1 aromatic heterocycles. The van der Waals surface area contributed by atoms with Crippen LogP contribution in [-0.2, 0) is 6.42 Å². The maximum Gasteiger partial charge on any atom is 0.255 e. The normalized spacial score (nSPS) is 14.4. The molecular formula is C30H30N4O3. The van der Waals surface area contributed by atoms with Gasteiger partial charge in [0.2, 0.25) is 0 Å². The van der Waals surface area contributed by atoms with Crippen molar-refractivity contribution in [2.24, 2.45) is 0 Å². The highest BCUT2D eigenvalue weighted by molar-refractivity contribution is 5.99. The van der Waals surface area contributed by atoms with Gasteiger partial charge >= 0.3 is 0 Å². The molecule has 1 aliphatic heterocycles. The van der Waals surface area contributed by atoms with Gasteiger partial charge < -0.3 is 20.1 Å². The Hall–Kier alpha value is -4.10. The maximum atomic E-state index is 13.1. The summed E-state index contributed by atoms with van der Waals surface area (Å²) < 4.78 is 5.61. The molecule has 0 radical (unpaired) electrons. The summed E-state index contributed by atoms with van der Waals surface area (Å²) in [7, 11) is 1.61. The lowest BCUT2D eigenvalue weighted by atomic mass is 10.0. The second-order valence-electron chi connectivity index (χ2n) is 9.74. The lowest BCUT2D eigenvalue weighted by Gasteiger charge is -2.16. The summed E-state index contributed by atoms with van der Waals surface area (Å²) in [5.41, 5.74) is 8.81. The third-order valence-electron chi connectivity index (χ3n) is 7.44. The fourth-order valence-corrected chi connectivity index (χ4v) is 5.44. The van der Waals surface area contributed by atoms with Crippen LogP contribution in [0, 0.1) is 0 Å². The van der Waals surface area contributed by atoms with E-state index in [9.17, 15) is 9.90 Å². The highest BCUT2D eigenvalue weighted by atomic mass is 16.5. The number of hydrogen-bond acceptors (Lipinski definition) is 5. The molecule has 4 aromatic rings. The van der Waals surface area contributed by atoms with E-state index in [0.717, 1.165) is 70.8 Å². The van der Waals surface area contributed by atoms with Gasteiger partial charge in [-0.05, 0) is 66.9 Å². The molecule has 1 aliphatic carbocycles. The van der Waals surface area contributed by atoms with Crippen LogP contribution in [0.25, 0.3) is 33.6 Å². The van der Waals surface area contributed by atoms with Gasteiger partial charge in [-0.3, -0.25) is 9.89 Å². The predicted molar refractivity (Wildman–Crippen MR) is 144 cm³/mol. The number of carbonyl (C=O) groups is 1. The number of H-pyrrole nitrogens is 1. The van der Waals surface area contributed by atoms with E-state index in [1.54, 1.807) is 19.2 Å². The van der Waals surface area contributed by atoms with Crippen LogP contribution in [0.4, 0.5) is 0 Å². The zero-order chi connectivity index (χ0) is 25.4. The van der Waals surface area contributed by atoms with Crippen molar-refractivity contribution in [1.82, 2.24) is 20.4 Å². The van der Waals surface area contributed by atoms with Gasteiger partial charge in [0, 0.05) is 36.2 Å². The summed E-state index contributed by atoms with van der Waals surface area (Å²) in [6.45, 7) is 3.72. The number of rotatable bonds is 7. The topological polar surface area (TPSA) is 90.5 Å². The van der Waals surface area contributed by atoms with Gasteiger partial charge in [-0.15, -0.1) is 0 Å². The van der Waals surface area contributed by atoms with Gasteiger partial charge in [0.05, 0.1) is 24.1 Å². The average Bonchev–Trinajstić information content (AvgIpc) is 3.66. The minimum absolute atomic E-state index is 0.114. The van der Waals surface area contributed by atoms with Crippen molar-refractivity contribution in [3.05, 3.63) is 77.4 Å². The third kappa shape index (κ3) is 4.47. The minimum atomic E-state index is -0.114. The van der Waals surface area contributed by atoms with Crippen LogP contribution in [0.2, 0.25) is 0 Å².